The van der Waals surface area contributed by atoms with Crippen LogP contribution in [0.3, 0.4) is 0 Å². The highest BCUT2D eigenvalue weighted by Crippen LogP contribution is 2.43. The fourth-order valence-electron chi connectivity index (χ4n) is 5.42. The molecule has 2 aliphatic rings. The molecule has 4 rings (SSSR count). The molecule has 0 spiro atoms. The molecule has 0 aliphatic carbocycles. The number of aliphatic hydroxyl groups excluding tert-OH is 1. The average Bonchev–Trinajstić information content (AvgIpc) is 3.26. The zero-order valence-corrected chi connectivity index (χ0v) is 25.3. The van der Waals surface area contributed by atoms with Gasteiger partial charge >= 0.3 is 0 Å². The third-order valence-corrected chi connectivity index (χ3v) is 7.71. The topological polar surface area (TPSA) is 97.8 Å². The van der Waals surface area contributed by atoms with Crippen LogP contribution in [0, 0.1) is 0 Å². The first-order valence-electron chi connectivity index (χ1n) is 15.2. The fourth-order valence-corrected chi connectivity index (χ4v) is 5.42. The van der Waals surface area contributed by atoms with E-state index in [1.165, 1.54) is 0 Å². The van der Waals surface area contributed by atoms with E-state index in [2.05, 4.69) is 25.7 Å². The van der Waals surface area contributed by atoms with E-state index in [1.54, 1.807) is 23.1 Å². The van der Waals surface area contributed by atoms with Gasteiger partial charge in [0.15, 0.2) is 23.0 Å². The van der Waals surface area contributed by atoms with Crippen LogP contribution in [0.5, 0.6) is 23.0 Å². The van der Waals surface area contributed by atoms with Gasteiger partial charge in [0.05, 0.1) is 24.8 Å². The second-order valence-corrected chi connectivity index (χ2v) is 10.4. The highest BCUT2D eigenvalue weighted by Gasteiger charge is 2.46. The van der Waals surface area contributed by atoms with Crippen LogP contribution in [0.2, 0.25) is 0 Å². The van der Waals surface area contributed by atoms with Crippen LogP contribution in [0.1, 0.15) is 70.5 Å². The number of hydrogen-bond donors (Lipinski definition) is 1. The number of amides is 1. The normalized spacial score (nSPS) is 17.6. The summed E-state index contributed by atoms with van der Waals surface area (Å²) < 4.78 is 23.3. The smallest absolute Gasteiger partial charge is 0.295 e. The lowest BCUT2D eigenvalue weighted by Gasteiger charge is -2.27. The van der Waals surface area contributed by atoms with E-state index >= 15 is 0 Å². The van der Waals surface area contributed by atoms with Gasteiger partial charge in [-0.15, -0.1) is 0 Å². The molecule has 42 heavy (non-hydrogen) atoms. The van der Waals surface area contributed by atoms with Crippen molar-refractivity contribution in [2.45, 2.75) is 59.4 Å². The maximum atomic E-state index is 13.6. The highest BCUT2D eigenvalue weighted by atomic mass is 16.6. The van der Waals surface area contributed by atoms with Gasteiger partial charge in [-0.25, -0.2) is 0 Å². The van der Waals surface area contributed by atoms with Gasteiger partial charge in [0, 0.05) is 12.1 Å². The second kappa shape index (κ2) is 15.0. The summed E-state index contributed by atoms with van der Waals surface area (Å²) in [5.74, 6) is 0.617. The van der Waals surface area contributed by atoms with Gasteiger partial charge in [0.25, 0.3) is 11.7 Å². The summed E-state index contributed by atoms with van der Waals surface area (Å²) in [5.41, 5.74) is 1.09. The predicted octanol–water partition coefficient (Wildman–Crippen LogP) is 5.58. The Morgan fingerprint density at radius 2 is 1.69 bits per heavy atom. The minimum Gasteiger partial charge on any atom is -0.507 e. The summed E-state index contributed by atoms with van der Waals surface area (Å²) in [7, 11) is 0. The first kappa shape index (κ1) is 31.2. The molecule has 1 saturated heterocycles. The standard InChI is InChI=1S/C33H44N2O7/c1-5-9-10-18-40-25-14-12-23(21-27(25)39-8-4)30-29(31(36)24-13-15-26-28(22-24)42-20-19-41-26)32(37)33(38)35(30)17-11-16-34(6-2)7-3/h12-15,21-22,30,36H,5-11,16-20H2,1-4H3/b31-29+/t30-/m0/s1. The van der Waals surface area contributed by atoms with Gasteiger partial charge in [0.1, 0.15) is 19.0 Å². The zero-order valence-electron chi connectivity index (χ0n) is 25.3. The molecule has 0 saturated carbocycles. The van der Waals surface area contributed by atoms with Crippen molar-refractivity contribution in [1.82, 2.24) is 9.80 Å². The summed E-state index contributed by atoms with van der Waals surface area (Å²) in [6.45, 7) is 13.0. The number of carbonyl (C=O) groups is 2. The van der Waals surface area contributed by atoms with Crippen LogP contribution in [-0.4, -0.2) is 79.2 Å². The van der Waals surface area contributed by atoms with Crippen molar-refractivity contribution >= 4 is 17.4 Å². The van der Waals surface area contributed by atoms with E-state index in [4.69, 9.17) is 18.9 Å². The first-order valence-corrected chi connectivity index (χ1v) is 15.2. The third-order valence-electron chi connectivity index (χ3n) is 7.71. The van der Waals surface area contributed by atoms with Crippen molar-refractivity contribution in [3.8, 4) is 23.0 Å². The number of benzene rings is 2. The summed E-state index contributed by atoms with van der Waals surface area (Å²) in [6.07, 6.45) is 3.79. The van der Waals surface area contributed by atoms with Crippen LogP contribution < -0.4 is 18.9 Å². The highest BCUT2D eigenvalue weighted by molar-refractivity contribution is 6.46. The van der Waals surface area contributed by atoms with Crippen molar-refractivity contribution in [1.29, 1.82) is 0 Å². The number of unbranched alkanes of at least 4 members (excludes halogenated alkanes) is 2. The second-order valence-electron chi connectivity index (χ2n) is 10.4. The van der Waals surface area contributed by atoms with Crippen molar-refractivity contribution in [2.75, 3.05) is 52.6 Å². The van der Waals surface area contributed by atoms with Crippen molar-refractivity contribution in [2.24, 2.45) is 0 Å². The van der Waals surface area contributed by atoms with Gasteiger partial charge in [-0.1, -0.05) is 39.7 Å². The zero-order chi connectivity index (χ0) is 30.1. The van der Waals surface area contributed by atoms with E-state index in [9.17, 15) is 14.7 Å². The Hall–Kier alpha value is -3.72. The third kappa shape index (κ3) is 7.01. The molecule has 228 valence electrons. The molecule has 1 amide bonds. The molecule has 2 heterocycles. The molecule has 9 heteroatoms. The number of Topliss-reactive ketones (excluding diaryl/α,β-unsaturated/α-hetero) is 1. The minimum absolute atomic E-state index is 0.0404. The van der Waals surface area contributed by atoms with E-state index < -0.39 is 17.7 Å². The number of ether oxygens (including phenoxy) is 4. The Labute approximate surface area is 249 Å². The first-order chi connectivity index (χ1) is 20.4. The largest absolute Gasteiger partial charge is 0.507 e. The molecule has 0 bridgehead atoms. The lowest BCUT2D eigenvalue weighted by atomic mass is 9.94. The Kier molecular flexibility index (Phi) is 11.1. The van der Waals surface area contributed by atoms with E-state index in [1.807, 2.05) is 25.1 Å². The van der Waals surface area contributed by atoms with Crippen LogP contribution in [0.15, 0.2) is 42.0 Å². The van der Waals surface area contributed by atoms with Gasteiger partial charge in [-0.2, -0.15) is 0 Å². The number of fused-ring (bicyclic) bond motifs is 1. The maximum Gasteiger partial charge on any atom is 0.295 e. The lowest BCUT2D eigenvalue weighted by Crippen LogP contribution is -2.33. The Morgan fingerprint density at radius 3 is 2.40 bits per heavy atom. The average molecular weight is 581 g/mol. The van der Waals surface area contributed by atoms with Crippen LogP contribution >= 0.6 is 0 Å². The summed E-state index contributed by atoms with van der Waals surface area (Å²) in [5, 5.41) is 11.6. The summed E-state index contributed by atoms with van der Waals surface area (Å²) in [4.78, 5) is 30.9. The molecule has 0 radical (unpaired) electrons. The molecule has 2 aliphatic heterocycles. The van der Waals surface area contributed by atoms with Gasteiger partial charge in [0.2, 0.25) is 0 Å². The van der Waals surface area contributed by atoms with Gasteiger partial charge < -0.3 is 33.9 Å². The van der Waals surface area contributed by atoms with Crippen LogP contribution in [0.4, 0.5) is 0 Å². The van der Waals surface area contributed by atoms with E-state index in [-0.39, 0.29) is 11.3 Å². The predicted molar refractivity (Wildman–Crippen MR) is 161 cm³/mol. The molecule has 9 nitrogen and oxygen atoms in total. The number of rotatable bonds is 15. The number of nitrogens with zero attached hydrogens (tertiary/aromatic N) is 2. The quantitative estimate of drug-likeness (QED) is 0.126. The number of carbonyl (C=O) groups excluding carboxylic acids is 2. The Morgan fingerprint density at radius 1 is 0.929 bits per heavy atom. The van der Waals surface area contributed by atoms with Gasteiger partial charge in [-0.3, -0.25) is 9.59 Å². The van der Waals surface area contributed by atoms with Crippen LogP contribution in [0.25, 0.3) is 5.76 Å². The van der Waals surface area contributed by atoms with E-state index in [0.717, 1.165) is 38.9 Å². The minimum atomic E-state index is -0.789. The summed E-state index contributed by atoms with van der Waals surface area (Å²) in [6, 6.07) is 9.73. The molecular formula is C33H44N2O7. The molecule has 2 aromatic carbocycles. The molecule has 1 N–H and O–H groups in total. The van der Waals surface area contributed by atoms with Crippen molar-refractivity contribution in [3.05, 3.63) is 53.1 Å². The van der Waals surface area contributed by atoms with Crippen molar-refractivity contribution in [3.63, 3.8) is 0 Å². The summed E-state index contributed by atoms with van der Waals surface area (Å²) >= 11 is 0. The molecule has 1 fully saturated rings. The molecule has 0 aromatic heterocycles. The van der Waals surface area contributed by atoms with E-state index in [0.29, 0.717) is 73.5 Å². The van der Waals surface area contributed by atoms with Crippen molar-refractivity contribution < 1.29 is 33.6 Å². The lowest BCUT2D eigenvalue weighted by molar-refractivity contribution is -0.140. The Bertz CT molecular complexity index is 1270. The van der Waals surface area contributed by atoms with Gasteiger partial charge in [-0.05, 0) is 75.3 Å². The number of likely N-dealkylation sites (tertiary alicyclic amines) is 1. The fraction of sp³-hybridized carbons (Fsp3) is 0.515. The number of hydrogen-bond acceptors (Lipinski definition) is 8. The molecule has 1 atom stereocenters. The number of aliphatic hydroxyl groups is 1. The molecule has 2 aromatic rings. The SMILES string of the molecule is CCCCCOc1ccc([C@H]2/C(=C(\O)c3ccc4c(c3)OCCO4)C(=O)C(=O)N2CCCN(CC)CC)cc1OCC. The monoisotopic (exact) mass is 580 g/mol. The molecular weight excluding hydrogens is 536 g/mol. The molecule has 0 unspecified atom stereocenters. The maximum absolute atomic E-state index is 13.6. The number of ketones is 1. The Balaban J connectivity index is 1.74. The van der Waals surface area contributed by atoms with Crippen LogP contribution in [-0.2, 0) is 9.59 Å².